The average Bonchev–Trinajstić information content (AvgIpc) is 3.28. The van der Waals surface area contributed by atoms with Gasteiger partial charge in [-0.15, -0.1) is 0 Å². The monoisotopic (exact) mass is 462 g/mol. The number of rotatable bonds is 4. The lowest BCUT2D eigenvalue weighted by Gasteiger charge is -2.30. The Kier molecular flexibility index (Phi) is 5.12. The highest BCUT2D eigenvalue weighted by Gasteiger charge is 2.50. The van der Waals surface area contributed by atoms with Crippen LogP contribution in [0.3, 0.4) is 0 Å². The van der Waals surface area contributed by atoms with Crippen LogP contribution in [0, 0.1) is 5.92 Å². The predicted molar refractivity (Wildman–Crippen MR) is 116 cm³/mol. The average molecular weight is 463 g/mol. The van der Waals surface area contributed by atoms with Crippen LogP contribution in [0.25, 0.3) is 10.2 Å². The topological polar surface area (TPSA) is 83.6 Å². The van der Waals surface area contributed by atoms with E-state index in [-0.39, 0.29) is 30.8 Å². The van der Waals surface area contributed by atoms with Crippen LogP contribution in [0.5, 0.6) is 5.75 Å². The van der Waals surface area contributed by atoms with E-state index in [1.54, 1.807) is 18.2 Å². The predicted octanol–water partition coefficient (Wildman–Crippen LogP) is 3.41. The number of benzene rings is 2. The molecule has 1 aromatic heterocycles. The SMILES string of the molecule is O=C1CC(COc2ccc(Cl)cc2Cl)NC2NN(c3nc4ccccc4s3)C(=O)C12. The van der Waals surface area contributed by atoms with Gasteiger partial charge in [0.15, 0.2) is 0 Å². The molecular formula is C20H16Cl2N4O3S. The van der Waals surface area contributed by atoms with Crippen molar-refractivity contribution in [1.29, 1.82) is 0 Å². The Morgan fingerprint density at radius 3 is 2.83 bits per heavy atom. The molecule has 2 aliphatic heterocycles. The highest BCUT2D eigenvalue weighted by atomic mass is 35.5. The molecule has 154 valence electrons. The summed E-state index contributed by atoms with van der Waals surface area (Å²) >= 11 is 13.4. The van der Waals surface area contributed by atoms with Gasteiger partial charge in [0.1, 0.15) is 24.1 Å². The summed E-state index contributed by atoms with van der Waals surface area (Å²) in [6.07, 6.45) is -0.326. The lowest BCUT2D eigenvalue weighted by Crippen LogP contribution is -2.57. The number of carbonyl (C=O) groups excluding carboxylic acids is 2. The van der Waals surface area contributed by atoms with Crippen molar-refractivity contribution in [2.45, 2.75) is 18.6 Å². The Morgan fingerprint density at radius 2 is 2.03 bits per heavy atom. The highest BCUT2D eigenvalue weighted by Crippen LogP contribution is 2.33. The molecule has 2 fully saturated rings. The minimum atomic E-state index is -0.785. The molecule has 1 amide bonds. The summed E-state index contributed by atoms with van der Waals surface area (Å²) in [6.45, 7) is 0.229. The molecule has 30 heavy (non-hydrogen) atoms. The fourth-order valence-electron chi connectivity index (χ4n) is 3.69. The molecule has 2 aliphatic rings. The van der Waals surface area contributed by atoms with Crippen molar-refractivity contribution in [3.63, 3.8) is 0 Å². The van der Waals surface area contributed by atoms with E-state index in [0.717, 1.165) is 10.2 Å². The van der Waals surface area contributed by atoms with Gasteiger partial charge in [-0.2, -0.15) is 0 Å². The zero-order chi connectivity index (χ0) is 20.8. The molecule has 0 saturated carbocycles. The minimum absolute atomic E-state index is 0.129. The quantitative estimate of drug-likeness (QED) is 0.578. The summed E-state index contributed by atoms with van der Waals surface area (Å²) in [5.41, 5.74) is 3.91. The number of hydrazine groups is 1. The molecule has 2 saturated heterocycles. The molecule has 3 aromatic rings. The number of carbonyl (C=O) groups is 2. The van der Waals surface area contributed by atoms with Crippen LogP contribution >= 0.6 is 34.5 Å². The normalized spacial score (nSPS) is 23.8. The maximum atomic E-state index is 12.9. The second-order valence-electron chi connectivity index (χ2n) is 7.14. The number of fused-ring (bicyclic) bond motifs is 2. The van der Waals surface area contributed by atoms with Crippen molar-refractivity contribution in [1.82, 2.24) is 15.7 Å². The number of anilines is 1. The Hall–Kier alpha value is -2.23. The van der Waals surface area contributed by atoms with Crippen molar-refractivity contribution >= 4 is 61.6 Å². The maximum absolute atomic E-state index is 12.9. The molecule has 3 heterocycles. The second kappa shape index (κ2) is 7.79. The lowest BCUT2D eigenvalue weighted by atomic mass is 9.91. The number of nitrogens with zero attached hydrogens (tertiary/aromatic N) is 2. The molecule has 3 atom stereocenters. The van der Waals surface area contributed by atoms with Crippen molar-refractivity contribution in [2.24, 2.45) is 5.92 Å². The first-order valence-corrected chi connectivity index (χ1v) is 10.9. The molecular weight excluding hydrogens is 447 g/mol. The summed E-state index contributed by atoms with van der Waals surface area (Å²) in [4.78, 5) is 30.1. The summed E-state index contributed by atoms with van der Waals surface area (Å²) in [6, 6.07) is 12.4. The number of thiazole rings is 1. The molecule has 5 rings (SSSR count). The number of hydrogen-bond donors (Lipinski definition) is 2. The van der Waals surface area contributed by atoms with Gasteiger partial charge in [-0.05, 0) is 30.3 Å². The van der Waals surface area contributed by atoms with E-state index in [9.17, 15) is 9.59 Å². The third-order valence-electron chi connectivity index (χ3n) is 5.11. The first-order valence-electron chi connectivity index (χ1n) is 9.32. The molecule has 7 nitrogen and oxygen atoms in total. The van der Waals surface area contributed by atoms with Crippen LogP contribution < -0.4 is 20.5 Å². The van der Waals surface area contributed by atoms with Crippen LogP contribution in [0.15, 0.2) is 42.5 Å². The van der Waals surface area contributed by atoms with Crippen molar-refractivity contribution < 1.29 is 14.3 Å². The summed E-state index contributed by atoms with van der Waals surface area (Å²) in [5, 5.41) is 6.12. The number of ether oxygens (including phenoxy) is 1. The van der Waals surface area contributed by atoms with Crippen LogP contribution in [0.2, 0.25) is 10.0 Å². The van der Waals surface area contributed by atoms with Crippen LogP contribution in [-0.4, -0.2) is 35.5 Å². The van der Waals surface area contributed by atoms with Gasteiger partial charge in [0.25, 0.3) is 5.91 Å². The number of Topliss-reactive ketones (excluding diaryl/α,β-unsaturated/α-hetero) is 1. The van der Waals surface area contributed by atoms with Gasteiger partial charge in [-0.25, -0.2) is 15.4 Å². The number of nitrogens with one attached hydrogen (secondary N) is 2. The third kappa shape index (κ3) is 3.55. The van der Waals surface area contributed by atoms with Crippen molar-refractivity contribution in [2.75, 3.05) is 11.6 Å². The minimum Gasteiger partial charge on any atom is -0.490 e. The maximum Gasteiger partial charge on any atom is 0.257 e. The van der Waals surface area contributed by atoms with E-state index in [2.05, 4.69) is 15.7 Å². The first-order chi connectivity index (χ1) is 14.5. The molecule has 0 bridgehead atoms. The highest BCUT2D eigenvalue weighted by molar-refractivity contribution is 7.22. The van der Waals surface area contributed by atoms with E-state index >= 15 is 0 Å². The molecule has 0 spiro atoms. The smallest absolute Gasteiger partial charge is 0.257 e. The van der Waals surface area contributed by atoms with Crippen LogP contribution in [-0.2, 0) is 9.59 Å². The Morgan fingerprint density at radius 1 is 1.20 bits per heavy atom. The number of para-hydroxylation sites is 1. The summed E-state index contributed by atoms with van der Waals surface area (Å²) in [5.74, 6) is -0.719. The van der Waals surface area contributed by atoms with E-state index in [1.165, 1.54) is 16.3 Å². The van der Waals surface area contributed by atoms with Gasteiger partial charge < -0.3 is 4.74 Å². The fraction of sp³-hybridized carbons (Fsp3) is 0.250. The zero-order valence-electron chi connectivity index (χ0n) is 15.5. The number of ketones is 1. The number of amides is 1. The van der Waals surface area contributed by atoms with Gasteiger partial charge >= 0.3 is 0 Å². The zero-order valence-corrected chi connectivity index (χ0v) is 17.8. The van der Waals surface area contributed by atoms with Crippen LogP contribution in [0.4, 0.5) is 5.13 Å². The third-order valence-corrected chi connectivity index (χ3v) is 6.66. The Bertz CT molecular complexity index is 1120. The van der Waals surface area contributed by atoms with E-state index in [1.807, 2.05) is 24.3 Å². The van der Waals surface area contributed by atoms with Gasteiger partial charge in [-0.1, -0.05) is 46.7 Å². The Labute approximate surface area is 185 Å². The Balaban J connectivity index is 1.30. The molecule has 3 unspecified atom stereocenters. The number of hydrogen-bond acceptors (Lipinski definition) is 7. The summed E-state index contributed by atoms with van der Waals surface area (Å²) < 4.78 is 6.74. The molecule has 2 aromatic carbocycles. The largest absolute Gasteiger partial charge is 0.490 e. The van der Waals surface area contributed by atoms with E-state index < -0.39 is 12.1 Å². The lowest BCUT2D eigenvalue weighted by molar-refractivity contribution is -0.133. The van der Waals surface area contributed by atoms with Crippen molar-refractivity contribution in [3.8, 4) is 5.75 Å². The van der Waals surface area contributed by atoms with Crippen molar-refractivity contribution in [3.05, 3.63) is 52.5 Å². The van der Waals surface area contributed by atoms with Gasteiger partial charge in [0.2, 0.25) is 5.13 Å². The molecule has 2 N–H and O–H groups in total. The first kappa shape index (κ1) is 19.7. The number of halogens is 2. The van der Waals surface area contributed by atoms with Gasteiger partial charge in [0.05, 0.1) is 21.4 Å². The van der Waals surface area contributed by atoms with Crippen LogP contribution in [0.1, 0.15) is 6.42 Å². The summed E-state index contributed by atoms with van der Waals surface area (Å²) in [7, 11) is 0. The van der Waals surface area contributed by atoms with E-state index in [0.29, 0.717) is 20.9 Å². The fourth-order valence-corrected chi connectivity index (χ4v) is 5.10. The number of piperidine rings is 1. The standard InChI is InChI=1S/C20H16Cl2N4O3S/c21-10-5-6-15(12(22)7-10)29-9-11-8-14(27)17-18(23-11)25-26(19(17)28)20-24-13-3-1-2-4-16(13)30-20/h1-7,11,17-18,23,25H,8-9H2. The molecule has 0 radical (unpaired) electrons. The van der Waals surface area contributed by atoms with Gasteiger partial charge in [-0.3, -0.25) is 14.9 Å². The second-order valence-corrected chi connectivity index (χ2v) is 8.99. The van der Waals surface area contributed by atoms with Gasteiger partial charge in [0, 0.05) is 17.5 Å². The molecule has 0 aliphatic carbocycles. The molecule has 10 heteroatoms. The van der Waals surface area contributed by atoms with E-state index in [4.69, 9.17) is 27.9 Å². The number of aromatic nitrogens is 1.